The van der Waals surface area contributed by atoms with E-state index >= 15 is 0 Å². The number of carboxylic acid groups (broad SMARTS) is 2. The van der Waals surface area contributed by atoms with Gasteiger partial charge in [0.2, 0.25) is 0 Å². The molecule has 0 radical (unpaired) electrons. The fourth-order valence-electron chi connectivity index (χ4n) is 1.75. The van der Waals surface area contributed by atoms with E-state index < -0.39 is 23.6 Å². The maximum Gasteiger partial charge on any atom is 0.336 e. The Balaban J connectivity index is 3.24. The zero-order chi connectivity index (χ0) is 14.8. The van der Waals surface area contributed by atoms with Gasteiger partial charge >= 0.3 is 11.9 Å². The molecule has 1 aromatic rings. The first-order valence-electron chi connectivity index (χ1n) is 5.63. The Morgan fingerprint density at radius 2 is 1.79 bits per heavy atom. The number of carboxylic acids is 2. The average molecular weight is 268 g/mol. The van der Waals surface area contributed by atoms with E-state index in [0.717, 1.165) is 18.2 Å². The molecule has 0 aromatic heterocycles. The number of benzene rings is 1. The number of rotatable bonds is 5. The van der Waals surface area contributed by atoms with E-state index in [1.165, 1.54) is 13.8 Å². The van der Waals surface area contributed by atoms with Crippen LogP contribution in [0, 0.1) is 0 Å². The number of hydrogen-bond donors (Lipinski definition) is 4. The molecule has 6 heteroatoms. The first kappa shape index (κ1) is 15.1. The normalized spacial score (nSPS) is 13.1. The summed E-state index contributed by atoms with van der Waals surface area (Å²) in [6, 6.07) is 3.41. The number of aromatic carboxylic acids is 2. The molecular formula is C13H16O6. The Bertz CT molecular complexity index is 500. The minimum Gasteiger partial charge on any atom is -0.478 e. The molecule has 0 fully saturated rings. The molecule has 0 bridgehead atoms. The van der Waals surface area contributed by atoms with Crippen molar-refractivity contribution < 1.29 is 30.0 Å². The van der Waals surface area contributed by atoms with Gasteiger partial charge in [0, 0.05) is 6.42 Å². The SMILES string of the molecule is CC(C)(O)CC(O)c1cc(C(=O)O)ccc1C(=O)O. The van der Waals surface area contributed by atoms with Crippen LogP contribution >= 0.6 is 0 Å². The maximum atomic E-state index is 11.1. The van der Waals surface area contributed by atoms with Gasteiger partial charge in [0.1, 0.15) is 0 Å². The van der Waals surface area contributed by atoms with E-state index in [0.29, 0.717) is 0 Å². The van der Waals surface area contributed by atoms with Crippen molar-refractivity contribution in [1.82, 2.24) is 0 Å². The van der Waals surface area contributed by atoms with E-state index in [2.05, 4.69) is 0 Å². The lowest BCUT2D eigenvalue weighted by Crippen LogP contribution is -2.23. The second kappa shape index (κ2) is 5.38. The summed E-state index contributed by atoms with van der Waals surface area (Å²) in [5.74, 6) is -2.48. The minimum atomic E-state index is -1.26. The molecule has 4 N–H and O–H groups in total. The van der Waals surface area contributed by atoms with Gasteiger partial charge in [-0.25, -0.2) is 9.59 Å². The lowest BCUT2D eigenvalue weighted by molar-refractivity contribution is 0.0171. The van der Waals surface area contributed by atoms with Gasteiger partial charge in [-0.3, -0.25) is 0 Å². The van der Waals surface area contributed by atoms with Gasteiger partial charge < -0.3 is 20.4 Å². The predicted molar refractivity (Wildman–Crippen MR) is 66.2 cm³/mol. The molecular weight excluding hydrogens is 252 g/mol. The smallest absolute Gasteiger partial charge is 0.336 e. The first-order chi connectivity index (χ1) is 8.61. The molecule has 104 valence electrons. The van der Waals surface area contributed by atoms with E-state index in [9.17, 15) is 19.8 Å². The average Bonchev–Trinajstić information content (AvgIpc) is 2.25. The molecule has 0 amide bonds. The van der Waals surface area contributed by atoms with Crippen molar-refractivity contribution >= 4 is 11.9 Å². The molecule has 6 nitrogen and oxygen atoms in total. The van der Waals surface area contributed by atoms with Gasteiger partial charge in [0.15, 0.2) is 0 Å². The molecule has 0 heterocycles. The van der Waals surface area contributed by atoms with Crippen molar-refractivity contribution in [2.24, 2.45) is 0 Å². The molecule has 1 rings (SSSR count). The topological polar surface area (TPSA) is 115 Å². The molecule has 19 heavy (non-hydrogen) atoms. The van der Waals surface area contributed by atoms with Gasteiger partial charge in [-0.1, -0.05) is 0 Å². The first-order valence-corrected chi connectivity index (χ1v) is 5.63. The highest BCUT2D eigenvalue weighted by Crippen LogP contribution is 2.27. The van der Waals surface area contributed by atoms with Crippen LogP contribution < -0.4 is 0 Å². The van der Waals surface area contributed by atoms with Gasteiger partial charge in [-0.2, -0.15) is 0 Å². The summed E-state index contributed by atoms with van der Waals surface area (Å²) < 4.78 is 0. The highest BCUT2D eigenvalue weighted by molar-refractivity contribution is 5.93. The molecule has 0 spiro atoms. The molecule has 0 saturated heterocycles. The van der Waals surface area contributed by atoms with Gasteiger partial charge in [0.25, 0.3) is 0 Å². The van der Waals surface area contributed by atoms with Crippen molar-refractivity contribution in [2.75, 3.05) is 0 Å². The Kier molecular flexibility index (Phi) is 4.28. The number of hydrogen-bond acceptors (Lipinski definition) is 4. The number of aliphatic hydroxyl groups excluding tert-OH is 1. The van der Waals surface area contributed by atoms with E-state index in [4.69, 9.17) is 10.2 Å². The van der Waals surface area contributed by atoms with Crippen LogP contribution in [0.5, 0.6) is 0 Å². The van der Waals surface area contributed by atoms with Crippen LogP contribution in [0.3, 0.4) is 0 Å². The monoisotopic (exact) mass is 268 g/mol. The fraction of sp³-hybridized carbons (Fsp3) is 0.385. The van der Waals surface area contributed by atoms with Crippen LogP contribution in [0.15, 0.2) is 18.2 Å². The molecule has 0 aliphatic heterocycles. The molecule has 1 atom stereocenters. The minimum absolute atomic E-state index is 0.0190. The highest BCUT2D eigenvalue weighted by atomic mass is 16.4. The Morgan fingerprint density at radius 3 is 2.21 bits per heavy atom. The van der Waals surface area contributed by atoms with E-state index in [1.54, 1.807) is 0 Å². The number of aliphatic hydroxyl groups is 2. The van der Waals surface area contributed by atoms with Crippen molar-refractivity contribution in [1.29, 1.82) is 0 Å². The quantitative estimate of drug-likeness (QED) is 0.639. The Hall–Kier alpha value is -1.92. The molecule has 0 aliphatic rings. The van der Waals surface area contributed by atoms with Crippen LogP contribution in [0.4, 0.5) is 0 Å². The second-order valence-corrected chi connectivity index (χ2v) is 4.94. The molecule has 1 unspecified atom stereocenters. The third-order valence-corrected chi connectivity index (χ3v) is 2.58. The molecule has 0 saturated carbocycles. The second-order valence-electron chi connectivity index (χ2n) is 4.94. The summed E-state index contributed by atoms with van der Waals surface area (Å²) in [6.45, 7) is 2.94. The van der Waals surface area contributed by atoms with Crippen LogP contribution in [-0.2, 0) is 0 Å². The summed E-state index contributed by atoms with van der Waals surface area (Å²) in [5, 5.41) is 37.5. The maximum absolute atomic E-state index is 11.1. The number of carbonyl (C=O) groups is 2. The van der Waals surface area contributed by atoms with Gasteiger partial charge in [0.05, 0.1) is 22.8 Å². The summed E-state index contributed by atoms with van der Waals surface area (Å²) in [7, 11) is 0. The summed E-state index contributed by atoms with van der Waals surface area (Å²) >= 11 is 0. The summed E-state index contributed by atoms with van der Waals surface area (Å²) in [6.07, 6.45) is -1.36. The lowest BCUT2D eigenvalue weighted by Gasteiger charge is -2.22. The van der Waals surface area contributed by atoms with E-state index in [-0.39, 0.29) is 23.1 Å². The third kappa shape index (κ3) is 4.04. The third-order valence-electron chi connectivity index (χ3n) is 2.58. The van der Waals surface area contributed by atoms with Crippen LogP contribution in [-0.4, -0.2) is 38.0 Å². The van der Waals surface area contributed by atoms with Crippen molar-refractivity contribution in [2.45, 2.75) is 32.0 Å². The van der Waals surface area contributed by atoms with Crippen LogP contribution in [0.2, 0.25) is 0 Å². The van der Waals surface area contributed by atoms with Crippen molar-refractivity contribution in [3.05, 3.63) is 34.9 Å². The summed E-state index contributed by atoms with van der Waals surface area (Å²) in [5.41, 5.74) is -1.51. The Morgan fingerprint density at radius 1 is 1.21 bits per heavy atom. The van der Waals surface area contributed by atoms with Crippen LogP contribution in [0.1, 0.15) is 52.7 Å². The lowest BCUT2D eigenvalue weighted by atomic mass is 9.92. The fourth-order valence-corrected chi connectivity index (χ4v) is 1.75. The van der Waals surface area contributed by atoms with E-state index in [1.807, 2.05) is 0 Å². The molecule has 0 aliphatic carbocycles. The zero-order valence-corrected chi connectivity index (χ0v) is 10.6. The van der Waals surface area contributed by atoms with Gasteiger partial charge in [-0.15, -0.1) is 0 Å². The Labute approximate surface area is 109 Å². The highest BCUT2D eigenvalue weighted by Gasteiger charge is 2.24. The van der Waals surface area contributed by atoms with Crippen molar-refractivity contribution in [3.8, 4) is 0 Å². The standard InChI is InChI=1S/C13H16O6/c1-13(2,19)6-10(14)9-5-7(11(15)16)3-4-8(9)12(17)18/h3-5,10,14,19H,6H2,1-2H3,(H,15,16)(H,17,18). The molecule has 1 aromatic carbocycles. The van der Waals surface area contributed by atoms with Gasteiger partial charge in [-0.05, 0) is 37.6 Å². The van der Waals surface area contributed by atoms with Crippen molar-refractivity contribution in [3.63, 3.8) is 0 Å². The van der Waals surface area contributed by atoms with Crippen LogP contribution in [0.25, 0.3) is 0 Å². The zero-order valence-electron chi connectivity index (χ0n) is 10.6. The predicted octanol–water partition coefficient (Wildman–Crippen LogP) is 1.28. The summed E-state index contributed by atoms with van der Waals surface area (Å²) in [4.78, 5) is 21.9. The largest absolute Gasteiger partial charge is 0.478 e.